The van der Waals surface area contributed by atoms with Gasteiger partial charge in [0.25, 0.3) is 0 Å². The number of carbonyl (C=O) groups is 2. The van der Waals surface area contributed by atoms with E-state index in [2.05, 4.69) is 21.2 Å². The molecule has 0 aliphatic carbocycles. The first kappa shape index (κ1) is 22.6. The second kappa shape index (κ2) is 10.3. The molecule has 3 aromatic rings. The zero-order valence-corrected chi connectivity index (χ0v) is 19.2. The number of rotatable bonds is 7. The van der Waals surface area contributed by atoms with Gasteiger partial charge >= 0.3 is 0 Å². The van der Waals surface area contributed by atoms with Gasteiger partial charge in [-0.2, -0.15) is 0 Å². The maximum absolute atomic E-state index is 13.0. The molecule has 0 atom stereocenters. The predicted octanol–water partition coefficient (Wildman–Crippen LogP) is 6.00. The van der Waals surface area contributed by atoms with Crippen molar-refractivity contribution in [3.8, 4) is 11.5 Å². The van der Waals surface area contributed by atoms with Crippen molar-refractivity contribution in [2.75, 3.05) is 19.5 Å². The lowest BCUT2D eigenvalue weighted by Gasteiger charge is -2.11. The Labute approximate surface area is 193 Å². The molecule has 3 aromatic carbocycles. The van der Waals surface area contributed by atoms with Crippen molar-refractivity contribution in [1.82, 2.24) is 0 Å². The molecule has 0 radical (unpaired) electrons. The number of amides is 1. The molecule has 1 amide bonds. The van der Waals surface area contributed by atoms with Crippen LogP contribution in [0.4, 0.5) is 5.69 Å². The molecular weight excluding hydrogens is 482 g/mol. The monoisotopic (exact) mass is 499 g/mol. The average Bonchev–Trinajstić information content (AvgIpc) is 2.78. The SMILES string of the molecule is COc1ccc(C=CC(=O)Nc2ccc(Br)cc2C(=O)c2ccccc2Cl)cc1OC. The fourth-order valence-corrected chi connectivity index (χ4v) is 3.49. The first-order chi connectivity index (χ1) is 14.9. The number of halogens is 2. The van der Waals surface area contributed by atoms with Gasteiger partial charge in [-0.1, -0.05) is 45.7 Å². The zero-order valence-electron chi connectivity index (χ0n) is 16.8. The predicted molar refractivity (Wildman–Crippen MR) is 126 cm³/mol. The number of hydrogen-bond donors (Lipinski definition) is 1. The third-order valence-corrected chi connectivity index (χ3v) is 5.26. The number of ketones is 1. The number of hydrogen-bond acceptors (Lipinski definition) is 4. The molecule has 31 heavy (non-hydrogen) atoms. The number of benzene rings is 3. The third-order valence-electron chi connectivity index (χ3n) is 4.44. The standard InChI is InChI=1S/C24H19BrClNO4/c1-30-21-11-7-15(13-22(21)31-2)8-12-23(28)27-20-10-9-16(25)14-18(20)24(29)17-5-3-4-6-19(17)26/h3-14H,1-2H3,(H,27,28). The van der Waals surface area contributed by atoms with Crippen LogP contribution in [0, 0.1) is 0 Å². The van der Waals surface area contributed by atoms with Crippen molar-refractivity contribution >= 4 is 51.0 Å². The van der Waals surface area contributed by atoms with Gasteiger partial charge < -0.3 is 14.8 Å². The van der Waals surface area contributed by atoms with E-state index >= 15 is 0 Å². The molecule has 0 unspecified atom stereocenters. The third kappa shape index (κ3) is 5.54. The smallest absolute Gasteiger partial charge is 0.248 e. The summed E-state index contributed by atoms with van der Waals surface area (Å²) in [5, 5.41) is 3.11. The van der Waals surface area contributed by atoms with Crippen LogP contribution in [0.5, 0.6) is 11.5 Å². The maximum Gasteiger partial charge on any atom is 0.248 e. The Balaban J connectivity index is 1.83. The second-order valence-corrected chi connectivity index (χ2v) is 7.76. The van der Waals surface area contributed by atoms with Crippen LogP contribution >= 0.6 is 27.5 Å². The van der Waals surface area contributed by atoms with Gasteiger partial charge in [-0.15, -0.1) is 0 Å². The summed E-state index contributed by atoms with van der Waals surface area (Å²) in [4.78, 5) is 25.6. The summed E-state index contributed by atoms with van der Waals surface area (Å²) in [7, 11) is 3.10. The van der Waals surface area contributed by atoms with E-state index in [1.54, 1.807) is 81.0 Å². The molecule has 0 spiro atoms. The van der Waals surface area contributed by atoms with E-state index in [1.807, 2.05) is 0 Å². The van der Waals surface area contributed by atoms with Crippen LogP contribution in [0.15, 0.2) is 71.2 Å². The molecule has 0 aliphatic heterocycles. The van der Waals surface area contributed by atoms with Gasteiger partial charge in [-0.25, -0.2) is 0 Å². The molecule has 0 aromatic heterocycles. The molecule has 1 N–H and O–H groups in total. The highest BCUT2D eigenvalue weighted by atomic mass is 79.9. The summed E-state index contributed by atoms with van der Waals surface area (Å²) in [6.45, 7) is 0. The Morgan fingerprint density at radius 2 is 1.68 bits per heavy atom. The van der Waals surface area contributed by atoms with Crippen LogP contribution in [0.25, 0.3) is 6.08 Å². The molecular formula is C24H19BrClNO4. The van der Waals surface area contributed by atoms with E-state index in [4.69, 9.17) is 21.1 Å². The summed E-state index contributed by atoms with van der Waals surface area (Å²) in [5.74, 6) is 0.490. The molecule has 0 fully saturated rings. The van der Waals surface area contributed by atoms with E-state index in [-0.39, 0.29) is 11.7 Å². The fraction of sp³-hybridized carbons (Fsp3) is 0.0833. The summed E-state index contributed by atoms with van der Waals surface area (Å²) in [5.41, 5.74) is 1.83. The molecule has 0 bridgehead atoms. The van der Waals surface area contributed by atoms with E-state index in [9.17, 15) is 9.59 Å². The first-order valence-electron chi connectivity index (χ1n) is 9.23. The number of methoxy groups -OCH3 is 2. The van der Waals surface area contributed by atoms with Crippen LogP contribution < -0.4 is 14.8 Å². The Morgan fingerprint density at radius 3 is 2.39 bits per heavy atom. The van der Waals surface area contributed by atoms with E-state index in [1.165, 1.54) is 6.08 Å². The highest BCUT2D eigenvalue weighted by molar-refractivity contribution is 9.10. The second-order valence-electron chi connectivity index (χ2n) is 6.44. The van der Waals surface area contributed by atoms with Crippen LogP contribution in [0.3, 0.4) is 0 Å². The van der Waals surface area contributed by atoms with Gasteiger partial charge in [0.05, 0.1) is 24.9 Å². The van der Waals surface area contributed by atoms with Gasteiger partial charge in [0.2, 0.25) is 5.91 Å². The normalized spacial score (nSPS) is 10.7. The Kier molecular flexibility index (Phi) is 7.50. The van der Waals surface area contributed by atoms with Crippen LogP contribution in [-0.2, 0) is 4.79 Å². The molecule has 5 nitrogen and oxygen atoms in total. The molecule has 7 heteroatoms. The van der Waals surface area contributed by atoms with Crippen molar-refractivity contribution in [3.63, 3.8) is 0 Å². The molecule has 0 saturated heterocycles. The summed E-state index contributed by atoms with van der Waals surface area (Å²) >= 11 is 9.56. The highest BCUT2D eigenvalue weighted by Gasteiger charge is 2.17. The number of carbonyl (C=O) groups excluding carboxylic acids is 2. The summed E-state index contributed by atoms with van der Waals surface area (Å²) in [6, 6.07) is 17.2. The Bertz CT molecular complexity index is 1160. The quantitative estimate of drug-likeness (QED) is 0.319. The van der Waals surface area contributed by atoms with Crippen molar-refractivity contribution in [2.45, 2.75) is 0 Å². The summed E-state index contributed by atoms with van der Waals surface area (Å²) in [6.07, 6.45) is 3.03. The van der Waals surface area contributed by atoms with Crippen molar-refractivity contribution in [1.29, 1.82) is 0 Å². The topological polar surface area (TPSA) is 64.6 Å². The minimum absolute atomic E-state index is 0.286. The number of anilines is 1. The van der Waals surface area contributed by atoms with E-state index in [0.29, 0.717) is 37.8 Å². The highest BCUT2D eigenvalue weighted by Crippen LogP contribution is 2.29. The fourth-order valence-electron chi connectivity index (χ4n) is 2.91. The van der Waals surface area contributed by atoms with Crippen molar-refractivity contribution in [3.05, 3.63) is 92.9 Å². The van der Waals surface area contributed by atoms with Crippen LogP contribution in [0.1, 0.15) is 21.5 Å². The van der Waals surface area contributed by atoms with Gasteiger partial charge in [0.15, 0.2) is 17.3 Å². The lowest BCUT2D eigenvalue weighted by molar-refractivity contribution is -0.111. The van der Waals surface area contributed by atoms with Gasteiger partial charge in [-0.3, -0.25) is 9.59 Å². The van der Waals surface area contributed by atoms with Crippen LogP contribution in [0.2, 0.25) is 5.02 Å². The Morgan fingerprint density at radius 1 is 0.935 bits per heavy atom. The first-order valence-corrected chi connectivity index (χ1v) is 10.4. The van der Waals surface area contributed by atoms with Gasteiger partial charge in [0.1, 0.15) is 0 Å². The summed E-state index contributed by atoms with van der Waals surface area (Å²) < 4.78 is 11.2. The molecule has 0 heterocycles. The zero-order chi connectivity index (χ0) is 22.4. The Hall–Kier alpha value is -3.09. The molecule has 158 valence electrons. The van der Waals surface area contributed by atoms with Crippen LogP contribution in [-0.4, -0.2) is 25.9 Å². The minimum Gasteiger partial charge on any atom is -0.493 e. The largest absolute Gasteiger partial charge is 0.493 e. The number of ether oxygens (including phenoxy) is 2. The molecule has 0 aliphatic rings. The minimum atomic E-state index is -0.384. The number of nitrogens with one attached hydrogen (secondary N) is 1. The van der Waals surface area contributed by atoms with Crippen molar-refractivity contribution < 1.29 is 19.1 Å². The lowest BCUT2D eigenvalue weighted by atomic mass is 10.0. The maximum atomic E-state index is 13.0. The van der Waals surface area contributed by atoms with Gasteiger partial charge in [0, 0.05) is 21.7 Å². The van der Waals surface area contributed by atoms with Gasteiger partial charge in [-0.05, 0) is 54.1 Å². The average molecular weight is 501 g/mol. The molecule has 0 saturated carbocycles. The lowest BCUT2D eigenvalue weighted by Crippen LogP contribution is -2.13. The van der Waals surface area contributed by atoms with E-state index in [0.717, 1.165) is 5.56 Å². The van der Waals surface area contributed by atoms with Crippen molar-refractivity contribution in [2.24, 2.45) is 0 Å². The van der Waals surface area contributed by atoms with E-state index < -0.39 is 0 Å². The molecule has 3 rings (SSSR count).